The molecule has 30 heavy (non-hydrogen) atoms. The van der Waals surface area contributed by atoms with Gasteiger partial charge < -0.3 is 5.32 Å². The molecular formula is C25H29N3O2. The van der Waals surface area contributed by atoms with Crippen LogP contribution in [0.25, 0.3) is 5.69 Å². The number of carbonyl (C=O) groups is 1. The van der Waals surface area contributed by atoms with Crippen LogP contribution in [0.2, 0.25) is 0 Å². The molecule has 4 rings (SSSR count). The van der Waals surface area contributed by atoms with Crippen LogP contribution in [-0.4, -0.2) is 22.2 Å². The lowest BCUT2D eigenvalue weighted by Gasteiger charge is -2.14. The molecule has 1 unspecified atom stereocenters. The minimum absolute atomic E-state index is 0.0118. The number of rotatable bonds is 6. The van der Waals surface area contributed by atoms with Gasteiger partial charge in [-0.3, -0.25) is 14.7 Å². The van der Waals surface area contributed by atoms with Crippen LogP contribution in [-0.2, 0) is 24.1 Å². The maximum absolute atomic E-state index is 12.9. The second kappa shape index (κ2) is 9.16. The number of hydrogen-bond acceptors (Lipinski definition) is 2. The summed E-state index contributed by atoms with van der Waals surface area (Å²) in [6.45, 7) is 2.72. The van der Waals surface area contributed by atoms with Crippen molar-refractivity contribution in [3.8, 4) is 5.69 Å². The molecule has 1 amide bonds. The molecule has 0 saturated heterocycles. The smallest absolute Gasteiger partial charge is 0.274 e. The molecule has 0 aliphatic heterocycles. The van der Waals surface area contributed by atoms with Crippen LogP contribution in [0.3, 0.4) is 0 Å². The van der Waals surface area contributed by atoms with E-state index in [1.165, 1.54) is 5.56 Å². The van der Waals surface area contributed by atoms with Crippen LogP contribution in [0.15, 0.2) is 59.4 Å². The van der Waals surface area contributed by atoms with E-state index >= 15 is 0 Å². The standard InChI is InChI=1S/C25H29N3O2/c1-18-9-13-21(14-10-18)28-25(30)22-15-11-20(12-16-23(22)27-28)24(29)26-17-5-8-19-6-3-2-4-7-19/h2-4,6-7,9-10,13-14,20,27H,5,8,11-12,15-17H2,1H3,(H,26,29). The zero-order chi connectivity index (χ0) is 20.9. The van der Waals surface area contributed by atoms with Crippen molar-refractivity contribution >= 4 is 5.91 Å². The Labute approximate surface area is 177 Å². The van der Waals surface area contributed by atoms with Gasteiger partial charge in [-0.1, -0.05) is 48.0 Å². The highest BCUT2D eigenvalue weighted by atomic mass is 16.2. The summed E-state index contributed by atoms with van der Waals surface area (Å²) < 4.78 is 1.63. The summed E-state index contributed by atoms with van der Waals surface area (Å²) in [4.78, 5) is 25.5. The van der Waals surface area contributed by atoms with Crippen LogP contribution in [0.5, 0.6) is 0 Å². The van der Waals surface area contributed by atoms with Gasteiger partial charge in [0.1, 0.15) is 0 Å². The third-order valence-corrected chi connectivity index (χ3v) is 6.01. The van der Waals surface area contributed by atoms with E-state index in [4.69, 9.17) is 0 Å². The first-order valence-corrected chi connectivity index (χ1v) is 10.8. The summed E-state index contributed by atoms with van der Waals surface area (Å²) in [6, 6.07) is 18.3. The molecule has 1 atom stereocenters. The van der Waals surface area contributed by atoms with E-state index in [2.05, 4.69) is 22.5 Å². The Morgan fingerprint density at radius 1 is 1.07 bits per heavy atom. The predicted molar refractivity (Wildman–Crippen MR) is 119 cm³/mol. The molecule has 0 fully saturated rings. The van der Waals surface area contributed by atoms with Crippen molar-refractivity contribution in [3.05, 3.63) is 87.3 Å². The number of aryl methyl sites for hydroxylation is 3. The fourth-order valence-corrected chi connectivity index (χ4v) is 4.19. The summed E-state index contributed by atoms with van der Waals surface area (Å²) >= 11 is 0. The lowest BCUT2D eigenvalue weighted by molar-refractivity contribution is -0.125. The van der Waals surface area contributed by atoms with Crippen LogP contribution in [0, 0.1) is 12.8 Å². The first kappa shape index (κ1) is 20.2. The minimum atomic E-state index is -0.0326. The molecule has 0 radical (unpaired) electrons. The molecular weight excluding hydrogens is 374 g/mol. The van der Waals surface area contributed by atoms with Gasteiger partial charge >= 0.3 is 0 Å². The Morgan fingerprint density at radius 3 is 2.57 bits per heavy atom. The third-order valence-electron chi connectivity index (χ3n) is 6.01. The van der Waals surface area contributed by atoms with E-state index in [0.29, 0.717) is 13.0 Å². The van der Waals surface area contributed by atoms with Gasteiger partial charge in [0.2, 0.25) is 5.91 Å². The van der Waals surface area contributed by atoms with Crippen LogP contribution in [0.4, 0.5) is 0 Å². The van der Waals surface area contributed by atoms with Gasteiger partial charge in [0.25, 0.3) is 5.56 Å². The zero-order valence-electron chi connectivity index (χ0n) is 17.5. The van der Waals surface area contributed by atoms with Crippen LogP contribution >= 0.6 is 0 Å². The fraction of sp³-hybridized carbons (Fsp3) is 0.360. The molecule has 2 aromatic carbocycles. The minimum Gasteiger partial charge on any atom is -0.356 e. The number of fused-ring (bicyclic) bond motifs is 1. The number of carbonyl (C=O) groups excluding carboxylic acids is 1. The van der Waals surface area contributed by atoms with E-state index in [1.54, 1.807) is 4.68 Å². The number of nitrogens with zero attached hydrogens (tertiary/aromatic N) is 1. The first-order valence-electron chi connectivity index (χ1n) is 10.8. The van der Waals surface area contributed by atoms with Gasteiger partial charge in [0.05, 0.1) is 5.69 Å². The highest BCUT2D eigenvalue weighted by molar-refractivity contribution is 5.78. The molecule has 156 valence electrons. The van der Waals surface area contributed by atoms with Crippen LogP contribution in [0.1, 0.15) is 41.6 Å². The quantitative estimate of drug-likeness (QED) is 0.487. The predicted octanol–water partition coefficient (Wildman–Crippen LogP) is 3.72. The van der Waals surface area contributed by atoms with Crippen molar-refractivity contribution in [3.63, 3.8) is 0 Å². The van der Waals surface area contributed by atoms with E-state index in [0.717, 1.165) is 54.6 Å². The summed E-state index contributed by atoms with van der Waals surface area (Å²) in [5.74, 6) is 0.0850. The lowest BCUT2D eigenvalue weighted by Crippen LogP contribution is -2.32. The molecule has 0 saturated carbocycles. The van der Waals surface area contributed by atoms with Gasteiger partial charge in [0, 0.05) is 23.7 Å². The molecule has 1 aromatic heterocycles. The topological polar surface area (TPSA) is 66.9 Å². The second-order valence-electron chi connectivity index (χ2n) is 8.20. The molecule has 5 nitrogen and oxygen atoms in total. The number of aromatic amines is 1. The number of benzene rings is 2. The number of hydrogen-bond donors (Lipinski definition) is 2. The highest BCUT2D eigenvalue weighted by Crippen LogP contribution is 2.23. The van der Waals surface area contributed by atoms with E-state index in [1.807, 2.05) is 49.4 Å². The van der Waals surface area contributed by atoms with Gasteiger partial charge in [-0.05, 0) is 63.1 Å². The molecule has 0 bridgehead atoms. The normalized spacial score (nSPS) is 16.0. The number of nitrogens with one attached hydrogen (secondary N) is 2. The Hall–Kier alpha value is -3.08. The van der Waals surface area contributed by atoms with Crippen molar-refractivity contribution in [2.24, 2.45) is 5.92 Å². The third kappa shape index (κ3) is 4.56. The molecule has 1 aliphatic rings. The van der Waals surface area contributed by atoms with Crippen LogP contribution < -0.4 is 10.9 Å². The van der Waals surface area contributed by atoms with Crippen molar-refractivity contribution < 1.29 is 4.79 Å². The monoisotopic (exact) mass is 403 g/mol. The molecule has 2 N–H and O–H groups in total. The average Bonchev–Trinajstić information content (AvgIpc) is 2.94. The summed E-state index contributed by atoms with van der Waals surface area (Å²) in [7, 11) is 0. The lowest BCUT2D eigenvalue weighted by atomic mass is 9.98. The highest BCUT2D eigenvalue weighted by Gasteiger charge is 2.25. The first-order chi connectivity index (χ1) is 14.6. The van der Waals surface area contributed by atoms with Gasteiger partial charge in [-0.2, -0.15) is 0 Å². The molecule has 1 aliphatic carbocycles. The maximum Gasteiger partial charge on any atom is 0.274 e. The molecule has 1 heterocycles. The maximum atomic E-state index is 12.9. The summed E-state index contributed by atoms with van der Waals surface area (Å²) in [6.07, 6.45) is 4.76. The Bertz CT molecular complexity index is 1050. The fourth-order valence-electron chi connectivity index (χ4n) is 4.19. The Kier molecular flexibility index (Phi) is 6.17. The molecule has 5 heteroatoms. The summed E-state index contributed by atoms with van der Waals surface area (Å²) in [5, 5.41) is 6.37. The number of amides is 1. The van der Waals surface area contributed by atoms with Gasteiger partial charge in [0.15, 0.2) is 0 Å². The van der Waals surface area contributed by atoms with Crippen molar-refractivity contribution in [1.29, 1.82) is 0 Å². The van der Waals surface area contributed by atoms with E-state index in [9.17, 15) is 9.59 Å². The van der Waals surface area contributed by atoms with Crippen molar-refractivity contribution in [2.45, 2.75) is 45.4 Å². The average molecular weight is 404 g/mol. The van der Waals surface area contributed by atoms with E-state index in [-0.39, 0.29) is 17.4 Å². The van der Waals surface area contributed by atoms with Crippen molar-refractivity contribution in [1.82, 2.24) is 15.1 Å². The number of aromatic nitrogens is 2. The Balaban J connectivity index is 1.32. The second-order valence-corrected chi connectivity index (χ2v) is 8.20. The molecule has 0 spiro atoms. The zero-order valence-corrected chi connectivity index (χ0v) is 17.5. The van der Waals surface area contributed by atoms with E-state index < -0.39 is 0 Å². The molecule has 3 aromatic rings. The van der Waals surface area contributed by atoms with Gasteiger partial charge in [-0.15, -0.1) is 0 Å². The van der Waals surface area contributed by atoms with Gasteiger partial charge in [-0.25, -0.2) is 4.68 Å². The van der Waals surface area contributed by atoms with Crippen molar-refractivity contribution in [2.75, 3.05) is 6.54 Å². The summed E-state index contributed by atoms with van der Waals surface area (Å²) in [5.41, 5.74) is 5.13. The number of H-pyrrole nitrogens is 1. The SMILES string of the molecule is Cc1ccc(-n2[nH]c3c(c2=O)CCC(C(=O)NCCCc2ccccc2)CC3)cc1. The Morgan fingerprint density at radius 2 is 1.80 bits per heavy atom. The largest absolute Gasteiger partial charge is 0.356 e.